The normalized spacial score (nSPS) is 15.7. The Morgan fingerprint density at radius 2 is 1.92 bits per heavy atom. The van der Waals surface area contributed by atoms with Gasteiger partial charge < -0.3 is 9.80 Å². The van der Waals surface area contributed by atoms with E-state index in [0.717, 1.165) is 11.8 Å². The monoisotopic (exact) mass is 377 g/mol. The van der Waals surface area contributed by atoms with Crippen LogP contribution in [-0.4, -0.2) is 67.4 Å². The Hall–Kier alpha value is -2.69. The van der Waals surface area contributed by atoms with Crippen molar-refractivity contribution in [2.75, 3.05) is 31.1 Å². The van der Waals surface area contributed by atoms with Gasteiger partial charge in [-0.15, -0.1) is 0 Å². The zero-order chi connectivity index (χ0) is 18.5. The second kappa shape index (κ2) is 8.13. The van der Waals surface area contributed by atoms with Crippen LogP contribution in [0.2, 0.25) is 0 Å². The maximum atomic E-state index is 12.8. The quantitative estimate of drug-likeness (QED) is 0.666. The lowest BCUT2D eigenvalue weighted by Gasteiger charge is -2.36. The van der Waals surface area contributed by atoms with Gasteiger partial charge >= 0.3 is 5.69 Å². The number of carbonyl (C=O) groups is 1. The van der Waals surface area contributed by atoms with Crippen LogP contribution in [0.25, 0.3) is 0 Å². The molecule has 1 amide bonds. The van der Waals surface area contributed by atoms with Gasteiger partial charge in [0.25, 0.3) is 5.56 Å². The predicted molar refractivity (Wildman–Crippen MR) is 96.2 cm³/mol. The molecule has 1 saturated heterocycles. The lowest BCUT2D eigenvalue weighted by atomic mass is 10.2. The Morgan fingerprint density at radius 1 is 1.23 bits per heavy atom. The number of nitrogens with one attached hydrogen (secondary N) is 2. The van der Waals surface area contributed by atoms with Gasteiger partial charge in [0.15, 0.2) is 5.03 Å². The highest BCUT2D eigenvalue weighted by atomic mass is 32.2. The number of aromatic nitrogens is 5. The third-order valence-corrected chi connectivity index (χ3v) is 5.33. The van der Waals surface area contributed by atoms with E-state index in [0.29, 0.717) is 38.5 Å². The maximum Gasteiger partial charge on any atom is 0.342 e. The molecule has 138 valence electrons. The van der Waals surface area contributed by atoms with Crippen LogP contribution < -0.4 is 16.1 Å². The van der Waals surface area contributed by atoms with Crippen LogP contribution in [0.3, 0.4) is 0 Å². The van der Waals surface area contributed by atoms with Gasteiger partial charge in [-0.1, -0.05) is 18.7 Å². The molecule has 1 fully saturated rings. The average molecular weight is 377 g/mol. The molecule has 3 rings (SSSR count). The first kappa shape index (κ1) is 18.1. The van der Waals surface area contributed by atoms with Gasteiger partial charge in [-0.2, -0.15) is 5.10 Å². The number of thioether (sulfide) groups is 1. The molecule has 0 aliphatic carbocycles. The van der Waals surface area contributed by atoms with E-state index < -0.39 is 16.5 Å². The summed E-state index contributed by atoms with van der Waals surface area (Å²) in [5, 5.41) is 5.56. The molecule has 0 unspecified atom stereocenters. The first-order valence-electron chi connectivity index (χ1n) is 8.25. The molecule has 26 heavy (non-hydrogen) atoms. The highest BCUT2D eigenvalue weighted by Gasteiger charge is 2.28. The zero-order valence-corrected chi connectivity index (χ0v) is 15.0. The van der Waals surface area contributed by atoms with Gasteiger partial charge in [-0.3, -0.25) is 14.6 Å². The number of H-pyrrole nitrogens is 2. The summed E-state index contributed by atoms with van der Waals surface area (Å²) in [5.41, 5.74) is -1.26. The summed E-state index contributed by atoms with van der Waals surface area (Å²) >= 11 is 1.07. The predicted octanol–water partition coefficient (Wildman–Crippen LogP) is -0.532. The fourth-order valence-corrected chi connectivity index (χ4v) is 3.59. The number of hydrogen-bond donors (Lipinski definition) is 2. The molecule has 0 spiro atoms. The molecule has 0 aromatic carbocycles. The molecule has 0 bridgehead atoms. The summed E-state index contributed by atoms with van der Waals surface area (Å²) in [6.45, 7) is 4.29. The summed E-state index contributed by atoms with van der Waals surface area (Å²) in [7, 11) is 0. The van der Waals surface area contributed by atoms with E-state index in [1.165, 1.54) is 0 Å². The van der Waals surface area contributed by atoms with Crippen LogP contribution in [0.4, 0.5) is 5.95 Å². The lowest BCUT2D eigenvalue weighted by Crippen LogP contribution is -2.51. The van der Waals surface area contributed by atoms with Crippen LogP contribution in [0.1, 0.15) is 13.3 Å². The minimum atomic E-state index is -0.669. The fraction of sp³-hybridized carbons (Fsp3) is 0.467. The molecule has 3 heterocycles. The topological polar surface area (TPSA) is 128 Å². The molecule has 10 nitrogen and oxygen atoms in total. The van der Waals surface area contributed by atoms with Crippen LogP contribution in [0.15, 0.2) is 33.1 Å². The lowest BCUT2D eigenvalue weighted by molar-refractivity contribution is -0.130. The van der Waals surface area contributed by atoms with Crippen LogP contribution >= 0.6 is 11.8 Å². The van der Waals surface area contributed by atoms with Crippen molar-refractivity contribution in [3.63, 3.8) is 0 Å². The Morgan fingerprint density at radius 3 is 2.54 bits per heavy atom. The van der Waals surface area contributed by atoms with Crippen molar-refractivity contribution >= 4 is 23.6 Å². The third kappa shape index (κ3) is 4.10. The number of rotatable bonds is 5. The SMILES string of the molecule is CC[C@@H](Sc1n[nH]c(=O)[nH]c1=O)C(=O)N1CCN(c2ncccn2)CC1. The van der Waals surface area contributed by atoms with Crippen molar-refractivity contribution in [2.24, 2.45) is 0 Å². The molecule has 1 atom stereocenters. The first-order valence-corrected chi connectivity index (χ1v) is 9.13. The van der Waals surface area contributed by atoms with Gasteiger partial charge in [0, 0.05) is 38.6 Å². The number of anilines is 1. The van der Waals surface area contributed by atoms with E-state index in [2.05, 4.69) is 25.1 Å². The molecule has 0 saturated carbocycles. The van der Waals surface area contributed by atoms with Crippen molar-refractivity contribution in [2.45, 2.75) is 23.6 Å². The van der Waals surface area contributed by atoms with Gasteiger partial charge in [-0.05, 0) is 12.5 Å². The summed E-state index contributed by atoms with van der Waals surface area (Å²) in [5.74, 6) is 0.614. The number of carbonyl (C=O) groups excluding carboxylic acids is 1. The number of nitrogens with zero attached hydrogens (tertiary/aromatic N) is 5. The van der Waals surface area contributed by atoms with Gasteiger partial charge in [0.05, 0.1) is 5.25 Å². The molecule has 1 aliphatic heterocycles. The van der Waals surface area contributed by atoms with Crippen LogP contribution in [-0.2, 0) is 4.79 Å². The Balaban J connectivity index is 1.62. The Bertz CT molecular complexity index is 861. The van der Waals surface area contributed by atoms with E-state index >= 15 is 0 Å². The molecule has 2 aromatic rings. The minimum Gasteiger partial charge on any atom is -0.338 e. The number of aromatic amines is 2. The molecular formula is C15H19N7O3S. The summed E-state index contributed by atoms with van der Waals surface area (Å²) in [6.07, 6.45) is 3.93. The van der Waals surface area contributed by atoms with Crippen LogP contribution in [0.5, 0.6) is 0 Å². The van der Waals surface area contributed by atoms with Crippen LogP contribution in [0, 0.1) is 0 Å². The molecular weight excluding hydrogens is 358 g/mol. The molecule has 11 heteroatoms. The standard InChI is InChI=1S/C15H19N7O3S/c1-2-10(26-12-11(23)18-15(25)20-19-12)13(24)21-6-8-22(9-7-21)14-16-4-3-5-17-14/h3-5,10H,2,6-9H2,1H3,(H2,18,20,23,25)/t10-/m1/s1. The van der Waals surface area contributed by atoms with E-state index in [1.807, 2.05) is 11.8 Å². The molecule has 1 aliphatic rings. The van der Waals surface area contributed by atoms with Crippen molar-refractivity contribution in [1.29, 1.82) is 0 Å². The van der Waals surface area contributed by atoms with Gasteiger partial charge in [0.1, 0.15) is 0 Å². The van der Waals surface area contributed by atoms with E-state index in [4.69, 9.17) is 0 Å². The summed E-state index contributed by atoms with van der Waals surface area (Å²) in [4.78, 5) is 50.0. The Kier molecular flexibility index (Phi) is 5.66. The van der Waals surface area contributed by atoms with Gasteiger partial charge in [0.2, 0.25) is 11.9 Å². The summed E-state index contributed by atoms with van der Waals surface area (Å²) < 4.78 is 0. The van der Waals surface area contributed by atoms with E-state index in [-0.39, 0.29) is 10.9 Å². The minimum absolute atomic E-state index is 0.0430. The number of amides is 1. The summed E-state index contributed by atoms with van der Waals surface area (Å²) in [6, 6.07) is 1.76. The van der Waals surface area contributed by atoms with E-state index in [1.54, 1.807) is 23.4 Å². The highest BCUT2D eigenvalue weighted by Crippen LogP contribution is 2.23. The first-order chi connectivity index (χ1) is 12.6. The third-order valence-electron chi connectivity index (χ3n) is 4.01. The largest absolute Gasteiger partial charge is 0.342 e. The highest BCUT2D eigenvalue weighted by molar-refractivity contribution is 8.00. The zero-order valence-electron chi connectivity index (χ0n) is 14.2. The smallest absolute Gasteiger partial charge is 0.338 e. The van der Waals surface area contributed by atoms with Crippen molar-refractivity contribution < 1.29 is 4.79 Å². The average Bonchev–Trinajstić information content (AvgIpc) is 2.68. The molecule has 2 N–H and O–H groups in total. The van der Waals surface area contributed by atoms with Crippen molar-refractivity contribution in [3.05, 3.63) is 39.3 Å². The van der Waals surface area contributed by atoms with Crippen molar-refractivity contribution in [3.8, 4) is 0 Å². The van der Waals surface area contributed by atoms with E-state index in [9.17, 15) is 14.4 Å². The molecule has 2 aromatic heterocycles. The van der Waals surface area contributed by atoms with Crippen molar-refractivity contribution in [1.82, 2.24) is 30.0 Å². The molecule has 0 radical (unpaired) electrons. The fourth-order valence-electron chi connectivity index (χ4n) is 2.64. The second-order valence-corrected chi connectivity index (χ2v) is 6.88. The second-order valence-electron chi connectivity index (χ2n) is 5.69. The van der Waals surface area contributed by atoms with Gasteiger partial charge in [-0.25, -0.2) is 19.9 Å². The number of piperazine rings is 1. The maximum absolute atomic E-state index is 12.8. The Labute approximate surface area is 153 Å². The number of hydrogen-bond acceptors (Lipinski definition) is 8.